The lowest BCUT2D eigenvalue weighted by atomic mass is 9.67. The number of halogens is 1. The molecule has 124 valence electrons. The van der Waals surface area contributed by atoms with Gasteiger partial charge in [0.05, 0.1) is 18.7 Å². The van der Waals surface area contributed by atoms with Crippen LogP contribution in [0.1, 0.15) is 31.2 Å². The highest BCUT2D eigenvalue weighted by molar-refractivity contribution is 5.92. The number of nitrogens with zero attached hydrogens (tertiary/aromatic N) is 1. The summed E-state index contributed by atoms with van der Waals surface area (Å²) in [7, 11) is 0. The molecule has 1 saturated carbocycles. The van der Waals surface area contributed by atoms with E-state index < -0.39 is 0 Å². The number of pyridine rings is 1. The van der Waals surface area contributed by atoms with Crippen LogP contribution < -0.4 is 0 Å². The Labute approximate surface area is 140 Å². The monoisotopic (exact) mass is 325 g/mol. The summed E-state index contributed by atoms with van der Waals surface area (Å²) in [5.41, 5.74) is 3.33. The SMILES string of the molecule is Fc1ccc2nccc(C3=CCC4CC3CCC43OCCO3)c2c1. The molecule has 2 bridgehead atoms. The molecule has 1 aromatic heterocycles. The Balaban J connectivity index is 1.56. The summed E-state index contributed by atoms with van der Waals surface area (Å²) in [6.45, 7) is 1.43. The molecule has 2 heterocycles. The number of aromatic nitrogens is 1. The topological polar surface area (TPSA) is 31.4 Å². The van der Waals surface area contributed by atoms with Crippen molar-refractivity contribution in [2.75, 3.05) is 13.2 Å². The van der Waals surface area contributed by atoms with E-state index in [0.29, 0.717) is 25.0 Å². The second kappa shape index (κ2) is 5.36. The van der Waals surface area contributed by atoms with E-state index in [1.165, 1.54) is 11.6 Å². The summed E-state index contributed by atoms with van der Waals surface area (Å²) in [4.78, 5) is 4.38. The molecule has 1 aliphatic heterocycles. The molecule has 1 saturated heterocycles. The molecule has 2 aliphatic carbocycles. The van der Waals surface area contributed by atoms with E-state index in [1.54, 1.807) is 12.1 Å². The van der Waals surface area contributed by atoms with Crippen LogP contribution in [0, 0.1) is 17.7 Å². The molecular formula is C20H20FNO2. The summed E-state index contributed by atoms with van der Waals surface area (Å²) < 4.78 is 25.7. The number of benzene rings is 1. The fourth-order valence-corrected chi connectivity index (χ4v) is 4.77. The van der Waals surface area contributed by atoms with Crippen molar-refractivity contribution >= 4 is 16.5 Å². The van der Waals surface area contributed by atoms with Crippen LogP contribution in [0.15, 0.2) is 36.5 Å². The highest BCUT2D eigenvalue weighted by Gasteiger charge is 2.49. The fourth-order valence-electron chi connectivity index (χ4n) is 4.77. The number of rotatable bonds is 1. The van der Waals surface area contributed by atoms with Crippen LogP contribution in [0.4, 0.5) is 4.39 Å². The third-order valence-corrected chi connectivity index (χ3v) is 5.89. The number of fused-ring (bicyclic) bond motifs is 4. The van der Waals surface area contributed by atoms with E-state index in [0.717, 1.165) is 42.1 Å². The van der Waals surface area contributed by atoms with Crippen molar-refractivity contribution in [1.82, 2.24) is 4.98 Å². The molecular weight excluding hydrogens is 305 g/mol. The normalized spacial score (nSPS) is 28.3. The quantitative estimate of drug-likeness (QED) is 0.782. The molecule has 2 fully saturated rings. The summed E-state index contributed by atoms with van der Waals surface area (Å²) in [5, 5.41) is 0.913. The standard InChI is InChI=1S/C20H20FNO2/c21-15-2-4-19-18(12-15)17(6-8-22-19)16-3-1-14-11-13(16)5-7-20(14)23-9-10-24-20/h2-4,6,8,12-14H,1,5,7,9-11H2. The lowest BCUT2D eigenvalue weighted by molar-refractivity contribution is -0.216. The van der Waals surface area contributed by atoms with Crippen LogP contribution in [0.5, 0.6) is 0 Å². The van der Waals surface area contributed by atoms with Crippen molar-refractivity contribution in [1.29, 1.82) is 0 Å². The zero-order valence-electron chi connectivity index (χ0n) is 13.5. The predicted octanol–water partition coefficient (Wildman–Crippen LogP) is 4.32. The zero-order chi connectivity index (χ0) is 16.1. The average molecular weight is 325 g/mol. The molecule has 0 amide bonds. The second-order valence-corrected chi connectivity index (χ2v) is 7.09. The van der Waals surface area contributed by atoms with Gasteiger partial charge < -0.3 is 9.47 Å². The van der Waals surface area contributed by atoms with Crippen LogP contribution in [-0.4, -0.2) is 24.0 Å². The molecule has 2 unspecified atom stereocenters. The van der Waals surface area contributed by atoms with Gasteiger partial charge in [-0.05, 0) is 60.6 Å². The van der Waals surface area contributed by atoms with Crippen molar-refractivity contribution in [3.05, 3.63) is 47.9 Å². The van der Waals surface area contributed by atoms with Crippen LogP contribution in [0.2, 0.25) is 0 Å². The summed E-state index contributed by atoms with van der Waals surface area (Å²) in [5.74, 6) is 0.384. The first kappa shape index (κ1) is 14.6. The third kappa shape index (κ3) is 2.13. The Kier molecular flexibility index (Phi) is 3.25. The van der Waals surface area contributed by atoms with Gasteiger partial charge >= 0.3 is 0 Å². The molecule has 1 aromatic carbocycles. The maximum Gasteiger partial charge on any atom is 0.171 e. The minimum absolute atomic E-state index is 0.207. The largest absolute Gasteiger partial charge is 0.347 e. The summed E-state index contributed by atoms with van der Waals surface area (Å²) in [6, 6.07) is 6.87. The molecule has 3 nitrogen and oxygen atoms in total. The van der Waals surface area contributed by atoms with Gasteiger partial charge in [0.15, 0.2) is 5.79 Å². The minimum atomic E-state index is -0.342. The smallest absolute Gasteiger partial charge is 0.171 e. The Bertz CT molecular complexity index is 825. The Morgan fingerprint density at radius 1 is 1.17 bits per heavy atom. The maximum atomic E-state index is 13.8. The molecule has 2 atom stereocenters. The fraction of sp³-hybridized carbons (Fsp3) is 0.450. The van der Waals surface area contributed by atoms with Crippen LogP contribution >= 0.6 is 0 Å². The van der Waals surface area contributed by atoms with Gasteiger partial charge in [0.2, 0.25) is 0 Å². The van der Waals surface area contributed by atoms with Gasteiger partial charge in [-0.3, -0.25) is 4.98 Å². The summed E-state index contributed by atoms with van der Waals surface area (Å²) >= 11 is 0. The van der Waals surface area contributed by atoms with Gasteiger partial charge in [0, 0.05) is 23.9 Å². The van der Waals surface area contributed by atoms with Gasteiger partial charge in [-0.1, -0.05) is 6.08 Å². The highest BCUT2D eigenvalue weighted by Crippen LogP contribution is 2.51. The molecule has 1 spiro atoms. The van der Waals surface area contributed by atoms with E-state index in [-0.39, 0.29) is 11.6 Å². The van der Waals surface area contributed by atoms with Crippen molar-refractivity contribution in [3.8, 4) is 0 Å². The summed E-state index contributed by atoms with van der Waals surface area (Å²) in [6.07, 6.45) is 8.22. The van der Waals surface area contributed by atoms with Gasteiger partial charge in [0.1, 0.15) is 5.82 Å². The van der Waals surface area contributed by atoms with E-state index in [2.05, 4.69) is 11.1 Å². The van der Waals surface area contributed by atoms with Crippen LogP contribution in [0.25, 0.3) is 16.5 Å². The first-order valence-electron chi connectivity index (χ1n) is 8.78. The molecule has 0 N–H and O–H groups in total. The van der Waals surface area contributed by atoms with Gasteiger partial charge in [-0.2, -0.15) is 0 Å². The van der Waals surface area contributed by atoms with E-state index in [4.69, 9.17) is 9.47 Å². The first-order chi connectivity index (χ1) is 11.8. The van der Waals surface area contributed by atoms with Gasteiger partial charge in [-0.15, -0.1) is 0 Å². The Morgan fingerprint density at radius 2 is 2.04 bits per heavy atom. The number of hydrogen-bond acceptors (Lipinski definition) is 3. The highest BCUT2D eigenvalue weighted by atomic mass is 19.1. The Morgan fingerprint density at radius 3 is 2.92 bits per heavy atom. The van der Waals surface area contributed by atoms with E-state index >= 15 is 0 Å². The minimum Gasteiger partial charge on any atom is -0.347 e. The van der Waals surface area contributed by atoms with E-state index in [9.17, 15) is 4.39 Å². The zero-order valence-corrected chi connectivity index (χ0v) is 13.5. The van der Waals surface area contributed by atoms with Crippen molar-refractivity contribution in [2.45, 2.75) is 31.5 Å². The molecule has 0 radical (unpaired) electrons. The lowest BCUT2D eigenvalue weighted by Gasteiger charge is -2.45. The average Bonchev–Trinajstić information content (AvgIpc) is 3.08. The molecule has 2 aromatic rings. The molecule has 4 heteroatoms. The molecule has 24 heavy (non-hydrogen) atoms. The maximum absolute atomic E-state index is 13.8. The van der Waals surface area contributed by atoms with Crippen molar-refractivity contribution in [2.24, 2.45) is 11.8 Å². The van der Waals surface area contributed by atoms with Crippen LogP contribution in [-0.2, 0) is 9.47 Å². The third-order valence-electron chi connectivity index (χ3n) is 5.89. The van der Waals surface area contributed by atoms with Crippen LogP contribution in [0.3, 0.4) is 0 Å². The van der Waals surface area contributed by atoms with Gasteiger partial charge in [0.25, 0.3) is 0 Å². The van der Waals surface area contributed by atoms with Gasteiger partial charge in [-0.25, -0.2) is 4.39 Å². The predicted molar refractivity (Wildman–Crippen MR) is 89.8 cm³/mol. The van der Waals surface area contributed by atoms with Crippen molar-refractivity contribution in [3.63, 3.8) is 0 Å². The van der Waals surface area contributed by atoms with E-state index in [1.807, 2.05) is 12.3 Å². The first-order valence-corrected chi connectivity index (χ1v) is 8.78. The molecule has 3 aliphatic rings. The molecule has 5 rings (SSSR count). The van der Waals surface area contributed by atoms with Crippen molar-refractivity contribution < 1.29 is 13.9 Å². The second-order valence-electron chi connectivity index (χ2n) is 7.09. The number of hydrogen-bond donors (Lipinski definition) is 0. The Hall–Kier alpha value is -1.78. The lowest BCUT2D eigenvalue weighted by Crippen LogP contribution is -2.45. The number of ether oxygens (including phenoxy) is 2. The number of allylic oxidation sites excluding steroid dienone is 2.